The van der Waals surface area contributed by atoms with Crippen LogP contribution < -0.4 is 19.5 Å². The summed E-state index contributed by atoms with van der Waals surface area (Å²) in [6.45, 7) is 2.40. The predicted molar refractivity (Wildman–Crippen MR) is 106 cm³/mol. The topological polar surface area (TPSA) is 95.7 Å². The van der Waals surface area contributed by atoms with Crippen LogP contribution in [0.4, 0.5) is 0 Å². The molecule has 1 atom stereocenters. The lowest BCUT2D eigenvalue weighted by Crippen LogP contribution is -2.30. The molecule has 2 aromatic carbocycles. The predicted octanol–water partition coefficient (Wildman–Crippen LogP) is 3.27. The van der Waals surface area contributed by atoms with Crippen molar-refractivity contribution in [2.24, 2.45) is 0 Å². The number of nitrogens with zero attached hydrogens (tertiary/aromatic N) is 2. The molecule has 29 heavy (non-hydrogen) atoms. The maximum Gasteiger partial charge on any atom is 0.277 e. The number of amides is 1. The zero-order valence-electron chi connectivity index (χ0n) is 15.9. The highest BCUT2D eigenvalue weighted by molar-refractivity contribution is 8.00. The molecule has 4 rings (SSSR count). The van der Waals surface area contributed by atoms with Crippen molar-refractivity contribution in [3.05, 3.63) is 48.0 Å². The molecule has 1 aliphatic heterocycles. The summed E-state index contributed by atoms with van der Waals surface area (Å²) in [7, 11) is 1.61. The molecule has 1 aromatic heterocycles. The van der Waals surface area contributed by atoms with E-state index in [0.717, 1.165) is 16.9 Å². The maximum atomic E-state index is 12.4. The minimum Gasteiger partial charge on any atom is -0.497 e. The van der Waals surface area contributed by atoms with Crippen LogP contribution in [0.2, 0.25) is 0 Å². The standard InChI is InChI=1S/C20H19N3O5S/c1-12(18(24)21-10-13-3-8-16-17(9-13)27-11-26-16)29-20-23-22-19(28-20)14-4-6-15(25-2)7-5-14/h3-9,12H,10-11H2,1-2H3,(H,21,24)/t12-/m0/s1. The van der Waals surface area contributed by atoms with E-state index in [0.29, 0.717) is 29.2 Å². The number of hydrogen-bond donors (Lipinski definition) is 1. The highest BCUT2D eigenvalue weighted by Gasteiger charge is 2.19. The van der Waals surface area contributed by atoms with Gasteiger partial charge in [-0.25, -0.2) is 0 Å². The molecule has 9 heteroatoms. The number of carbonyl (C=O) groups is 1. The summed E-state index contributed by atoms with van der Waals surface area (Å²) < 4.78 is 21.4. The van der Waals surface area contributed by atoms with Gasteiger partial charge in [0.1, 0.15) is 5.75 Å². The van der Waals surface area contributed by atoms with Gasteiger partial charge >= 0.3 is 0 Å². The first-order valence-electron chi connectivity index (χ1n) is 8.93. The van der Waals surface area contributed by atoms with Crippen molar-refractivity contribution in [2.45, 2.75) is 23.9 Å². The molecular weight excluding hydrogens is 394 g/mol. The van der Waals surface area contributed by atoms with Crippen molar-refractivity contribution in [3.63, 3.8) is 0 Å². The number of methoxy groups -OCH3 is 1. The van der Waals surface area contributed by atoms with E-state index in [4.69, 9.17) is 18.6 Å². The summed E-state index contributed by atoms with van der Waals surface area (Å²) in [5.41, 5.74) is 1.71. The Morgan fingerprint density at radius 1 is 1.17 bits per heavy atom. The Bertz CT molecular complexity index is 1010. The first-order valence-corrected chi connectivity index (χ1v) is 9.81. The van der Waals surface area contributed by atoms with Crippen LogP contribution in [-0.2, 0) is 11.3 Å². The van der Waals surface area contributed by atoms with E-state index in [9.17, 15) is 4.79 Å². The van der Waals surface area contributed by atoms with E-state index in [-0.39, 0.29) is 12.7 Å². The van der Waals surface area contributed by atoms with E-state index in [1.807, 2.05) is 42.5 Å². The van der Waals surface area contributed by atoms with E-state index in [2.05, 4.69) is 15.5 Å². The van der Waals surface area contributed by atoms with Crippen molar-refractivity contribution in [2.75, 3.05) is 13.9 Å². The molecule has 1 aliphatic rings. The van der Waals surface area contributed by atoms with Crippen LogP contribution in [-0.4, -0.2) is 35.3 Å². The number of hydrogen-bond acceptors (Lipinski definition) is 8. The van der Waals surface area contributed by atoms with Crippen molar-refractivity contribution < 1.29 is 23.4 Å². The number of carbonyl (C=O) groups excluding carboxylic acids is 1. The summed E-state index contributed by atoms with van der Waals surface area (Å²) in [6, 6.07) is 12.9. The lowest BCUT2D eigenvalue weighted by Gasteiger charge is -2.10. The molecular formula is C20H19N3O5S. The fraction of sp³-hybridized carbons (Fsp3) is 0.250. The first-order chi connectivity index (χ1) is 14.1. The van der Waals surface area contributed by atoms with Gasteiger partial charge in [0.15, 0.2) is 11.5 Å². The Labute approximate surface area is 171 Å². The molecule has 0 aliphatic carbocycles. The van der Waals surface area contributed by atoms with Crippen LogP contribution in [0.15, 0.2) is 52.1 Å². The number of ether oxygens (including phenoxy) is 3. The quantitative estimate of drug-likeness (QED) is 0.590. The number of benzene rings is 2. The van der Waals surface area contributed by atoms with Crippen molar-refractivity contribution in [1.29, 1.82) is 0 Å². The molecule has 1 amide bonds. The molecule has 0 saturated heterocycles. The van der Waals surface area contributed by atoms with E-state index >= 15 is 0 Å². The van der Waals surface area contributed by atoms with Gasteiger partial charge in [0.05, 0.1) is 12.4 Å². The number of nitrogens with one attached hydrogen (secondary N) is 1. The number of fused-ring (bicyclic) bond motifs is 1. The average molecular weight is 413 g/mol. The van der Waals surface area contributed by atoms with Crippen LogP contribution in [0, 0.1) is 0 Å². The average Bonchev–Trinajstić information content (AvgIpc) is 3.41. The van der Waals surface area contributed by atoms with Gasteiger partial charge in [0.25, 0.3) is 5.22 Å². The maximum absolute atomic E-state index is 12.4. The number of rotatable bonds is 7. The second-order valence-electron chi connectivity index (χ2n) is 6.27. The zero-order valence-corrected chi connectivity index (χ0v) is 16.7. The minimum atomic E-state index is -0.395. The van der Waals surface area contributed by atoms with Crippen LogP contribution in [0.5, 0.6) is 17.2 Å². The molecule has 0 unspecified atom stereocenters. The molecule has 1 N–H and O–H groups in total. The Morgan fingerprint density at radius 3 is 2.76 bits per heavy atom. The molecule has 0 radical (unpaired) electrons. The van der Waals surface area contributed by atoms with Gasteiger partial charge in [0, 0.05) is 12.1 Å². The van der Waals surface area contributed by atoms with E-state index < -0.39 is 5.25 Å². The van der Waals surface area contributed by atoms with Crippen molar-refractivity contribution >= 4 is 17.7 Å². The van der Waals surface area contributed by atoms with Gasteiger partial charge in [0.2, 0.25) is 18.6 Å². The fourth-order valence-corrected chi connectivity index (χ4v) is 3.40. The molecule has 150 valence electrons. The normalized spacial score (nSPS) is 13.2. The second kappa shape index (κ2) is 8.44. The van der Waals surface area contributed by atoms with E-state index in [1.54, 1.807) is 14.0 Å². The molecule has 0 fully saturated rings. The first kappa shape index (κ1) is 19.1. The SMILES string of the molecule is COc1ccc(-c2nnc(S[C@@H](C)C(=O)NCc3ccc4c(c3)OCO4)o2)cc1. The molecule has 2 heterocycles. The third-order valence-electron chi connectivity index (χ3n) is 4.29. The minimum absolute atomic E-state index is 0.128. The molecule has 0 saturated carbocycles. The molecule has 3 aromatic rings. The van der Waals surface area contributed by atoms with Gasteiger partial charge in [-0.1, -0.05) is 17.8 Å². The molecule has 8 nitrogen and oxygen atoms in total. The highest BCUT2D eigenvalue weighted by Crippen LogP contribution is 2.32. The van der Waals surface area contributed by atoms with Crippen LogP contribution >= 0.6 is 11.8 Å². The fourth-order valence-electron chi connectivity index (χ4n) is 2.70. The Morgan fingerprint density at radius 2 is 1.97 bits per heavy atom. The van der Waals surface area contributed by atoms with Crippen molar-refractivity contribution in [3.8, 4) is 28.7 Å². The summed E-state index contributed by atoms with van der Waals surface area (Å²) >= 11 is 1.21. The summed E-state index contributed by atoms with van der Waals surface area (Å²) in [5, 5.41) is 10.9. The number of aromatic nitrogens is 2. The van der Waals surface area contributed by atoms with E-state index in [1.165, 1.54) is 11.8 Å². The van der Waals surface area contributed by atoms with Crippen LogP contribution in [0.3, 0.4) is 0 Å². The summed E-state index contributed by atoms with van der Waals surface area (Å²) in [5.74, 6) is 2.42. The summed E-state index contributed by atoms with van der Waals surface area (Å²) in [4.78, 5) is 12.4. The summed E-state index contributed by atoms with van der Waals surface area (Å²) in [6.07, 6.45) is 0. The van der Waals surface area contributed by atoms with Crippen LogP contribution in [0.1, 0.15) is 12.5 Å². The monoisotopic (exact) mass is 413 g/mol. The highest BCUT2D eigenvalue weighted by atomic mass is 32.2. The Balaban J connectivity index is 1.32. The lowest BCUT2D eigenvalue weighted by molar-refractivity contribution is -0.120. The largest absolute Gasteiger partial charge is 0.497 e. The smallest absolute Gasteiger partial charge is 0.277 e. The molecule has 0 spiro atoms. The van der Waals surface area contributed by atoms with Gasteiger partial charge in [-0.05, 0) is 48.9 Å². The van der Waals surface area contributed by atoms with Gasteiger partial charge in [-0.15, -0.1) is 10.2 Å². The number of thioether (sulfide) groups is 1. The molecule has 0 bridgehead atoms. The van der Waals surface area contributed by atoms with Gasteiger partial charge in [-0.2, -0.15) is 0 Å². The van der Waals surface area contributed by atoms with Gasteiger partial charge < -0.3 is 23.9 Å². The lowest BCUT2D eigenvalue weighted by atomic mass is 10.2. The Hall–Kier alpha value is -3.20. The zero-order chi connectivity index (χ0) is 20.2. The van der Waals surface area contributed by atoms with Crippen molar-refractivity contribution in [1.82, 2.24) is 15.5 Å². The van der Waals surface area contributed by atoms with Gasteiger partial charge in [-0.3, -0.25) is 4.79 Å². The second-order valence-corrected chi connectivity index (χ2v) is 7.56. The van der Waals surface area contributed by atoms with Crippen LogP contribution in [0.25, 0.3) is 11.5 Å². The third kappa shape index (κ3) is 4.45. The third-order valence-corrected chi connectivity index (χ3v) is 5.23. The Kier molecular flexibility index (Phi) is 5.57.